The van der Waals surface area contributed by atoms with E-state index in [4.69, 9.17) is 10.2 Å². The van der Waals surface area contributed by atoms with Gasteiger partial charge in [0.1, 0.15) is 0 Å². The number of hydrogen-bond acceptors (Lipinski definition) is 5. The molecule has 0 aliphatic rings. The van der Waals surface area contributed by atoms with Crippen molar-refractivity contribution in [2.45, 2.75) is 12.5 Å². The minimum atomic E-state index is -1.86. The number of rotatable bonds is 3. The summed E-state index contributed by atoms with van der Waals surface area (Å²) < 4.78 is 0. The third-order valence-electron chi connectivity index (χ3n) is 0.911. The van der Waals surface area contributed by atoms with Crippen LogP contribution in [0.5, 0.6) is 0 Å². The average molecular weight is 192 g/mol. The van der Waals surface area contributed by atoms with Gasteiger partial charge in [-0.15, -0.1) is 0 Å². The number of carboxylic acids is 1. The fraction of sp³-hybridized carbons (Fsp3) is 0.400. The fourth-order valence-corrected chi connectivity index (χ4v) is 0.394. The summed E-state index contributed by atoms with van der Waals surface area (Å²) in [5, 5.41) is 16.8. The fourth-order valence-electron chi connectivity index (χ4n) is 0.394. The van der Waals surface area contributed by atoms with Crippen molar-refractivity contribution < 1.29 is 29.4 Å². The van der Waals surface area contributed by atoms with Crippen LogP contribution in [-0.2, 0) is 14.4 Å². The first-order valence-electron chi connectivity index (χ1n) is 3.09. The quantitative estimate of drug-likeness (QED) is 0.379. The molecule has 0 saturated carbocycles. The van der Waals surface area contributed by atoms with E-state index in [-0.39, 0.29) is 0 Å². The molecule has 8 nitrogen and oxygen atoms in total. The zero-order valence-electron chi connectivity index (χ0n) is 6.39. The topological polar surface area (TPSA) is 139 Å². The molecule has 0 radical (unpaired) electrons. The maximum Gasteiger partial charge on any atom is 0.345 e. The Kier molecular flexibility index (Phi) is 4.24. The molecule has 74 valence electrons. The number of nitrogens with two attached hydrogens (primary N) is 1. The highest BCUT2D eigenvalue weighted by Gasteiger charge is 2.19. The molecule has 1 atom stereocenters. The highest BCUT2D eigenvalue weighted by Crippen LogP contribution is 1.92. The second-order valence-corrected chi connectivity index (χ2v) is 2.00. The van der Waals surface area contributed by atoms with Gasteiger partial charge in [-0.3, -0.25) is 0 Å². The maximum atomic E-state index is 10.5. The van der Waals surface area contributed by atoms with Gasteiger partial charge in [0, 0.05) is 0 Å². The van der Waals surface area contributed by atoms with Crippen molar-refractivity contribution in [3.8, 4) is 0 Å². The Morgan fingerprint density at radius 1 is 1.46 bits per heavy atom. The van der Waals surface area contributed by atoms with E-state index in [2.05, 4.69) is 10.6 Å². The lowest BCUT2D eigenvalue weighted by Gasteiger charge is -2.04. The molecule has 0 rings (SSSR count). The van der Waals surface area contributed by atoms with Crippen molar-refractivity contribution in [3.05, 3.63) is 0 Å². The SMILES string of the molecule is NC(=O)NOC(=O)CC(O)C(=O)O. The van der Waals surface area contributed by atoms with Gasteiger partial charge < -0.3 is 20.8 Å². The molecule has 0 aromatic heterocycles. The first kappa shape index (κ1) is 11.2. The Labute approximate surface area is 72.2 Å². The van der Waals surface area contributed by atoms with Gasteiger partial charge in [-0.05, 0) is 0 Å². The predicted octanol–water partition coefficient (Wildman–Crippen LogP) is -2.05. The number of aliphatic hydroxyl groups is 1. The lowest BCUT2D eigenvalue weighted by Crippen LogP contribution is -2.34. The number of hydroxylamine groups is 1. The van der Waals surface area contributed by atoms with Crippen molar-refractivity contribution in [2.24, 2.45) is 5.73 Å². The van der Waals surface area contributed by atoms with E-state index in [9.17, 15) is 14.4 Å². The summed E-state index contributed by atoms with van der Waals surface area (Å²) in [6.45, 7) is 0. The van der Waals surface area contributed by atoms with Gasteiger partial charge in [0.2, 0.25) is 0 Å². The molecule has 13 heavy (non-hydrogen) atoms. The summed E-state index contributed by atoms with van der Waals surface area (Å²) >= 11 is 0. The predicted molar refractivity (Wildman–Crippen MR) is 37.1 cm³/mol. The molecule has 8 heteroatoms. The summed E-state index contributed by atoms with van der Waals surface area (Å²) in [6.07, 6.45) is -2.63. The van der Waals surface area contributed by atoms with Crippen LogP contribution in [0, 0.1) is 0 Å². The third kappa shape index (κ3) is 5.44. The van der Waals surface area contributed by atoms with Crippen molar-refractivity contribution in [2.75, 3.05) is 0 Å². The zero-order chi connectivity index (χ0) is 10.4. The van der Waals surface area contributed by atoms with Crippen LogP contribution in [0.1, 0.15) is 6.42 Å². The highest BCUT2D eigenvalue weighted by molar-refractivity contribution is 5.81. The number of urea groups is 1. The molecule has 0 aromatic carbocycles. The molecular weight excluding hydrogens is 184 g/mol. The number of carboxylic acid groups (broad SMARTS) is 1. The van der Waals surface area contributed by atoms with Gasteiger partial charge in [0.25, 0.3) is 0 Å². The first-order valence-corrected chi connectivity index (χ1v) is 3.09. The Morgan fingerprint density at radius 2 is 2.00 bits per heavy atom. The second-order valence-electron chi connectivity index (χ2n) is 2.00. The Morgan fingerprint density at radius 3 is 2.38 bits per heavy atom. The lowest BCUT2D eigenvalue weighted by atomic mass is 10.3. The summed E-state index contributed by atoms with van der Waals surface area (Å²) in [6, 6.07) is -1.10. The second kappa shape index (κ2) is 4.93. The number of hydrogen-bond donors (Lipinski definition) is 4. The van der Waals surface area contributed by atoms with Crippen LogP contribution in [0.2, 0.25) is 0 Å². The average Bonchev–Trinajstić information content (AvgIpc) is 2.00. The number of amides is 2. The minimum Gasteiger partial charge on any atom is -0.479 e. The van der Waals surface area contributed by atoms with Crippen molar-refractivity contribution in [3.63, 3.8) is 0 Å². The van der Waals surface area contributed by atoms with E-state index in [1.54, 1.807) is 0 Å². The number of nitrogens with one attached hydrogen (secondary N) is 1. The smallest absolute Gasteiger partial charge is 0.345 e. The summed E-state index contributed by atoms with van der Waals surface area (Å²) in [5.74, 6) is -2.66. The molecule has 0 bridgehead atoms. The van der Waals surface area contributed by atoms with Gasteiger partial charge in [-0.25, -0.2) is 14.4 Å². The molecule has 1 unspecified atom stereocenters. The van der Waals surface area contributed by atoms with E-state index < -0.39 is 30.5 Å². The van der Waals surface area contributed by atoms with Crippen molar-refractivity contribution in [1.82, 2.24) is 5.48 Å². The number of aliphatic carboxylic acids is 1. The van der Waals surface area contributed by atoms with Gasteiger partial charge in [0.05, 0.1) is 6.42 Å². The molecule has 0 aliphatic carbocycles. The highest BCUT2D eigenvalue weighted by atomic mass is 16.7. The largest absolute Gasteiger partial charge is 0.479 e. The van der Waals surface area contributed by atoms with Gasteiger partial charge >= 0.3 is 18.0 Å². The monoisotopic (exact) mass is 192 g/mol. The minimum absolute atomic E-state index is 0.768. The van der Waals surface area contributed by atoms with Crippen molar-refractivity contribution in [1.29, 1.82) is 0 Å². The van der Waals surface area contributed by atoms with Crippen LogP contribution in [0.15, 0.2) is 0 Å². The normalized spacial score (nSPS) is 11.5. The van der Waals surface area contributed by atoms with Crippen LogP contribution in [-0.4, -0.2) is 34.3 Å². The van der Waals surface area contributed by atoms with E-state index in [0.717, 1.165) is 0 Å². The van der Waals surface area contributed by atoms with Crippen LogP contribution < -0.4 is 11.2 Å². The summed E-state index contributed by atoms with van der Waals surface area (Å²) in [4.78, 5) is 34.5. The molecule has 0 spiro atoms. The molecule has 0 aromatic rings. The van der Waals surface area contributed by atoms with Crippen LogP contribution in [0.3, 0.4) is 0 Å². The number of primary amides is 1. The molecule has 2 amide bonds. The van der Waals surface area contributed by atoms with Crippen LogP contribution in [0.25, 0.3) is 0 Å². The van der Waals surface area contributed by atoms with Crippen molar-refractivity contribution >= 4 is 18.0 Å². The number of carbonyl (C=O) groups is 3. The standard InChI is InChI=1S/C5H8N2O6/c6-5(12)7-13-3(9)1-2(8)4(10)11/h2,8H,1H2,(H,10,11)(H3,6,7,12). The van der Waals surface area contributed by atoms with Crippen LogP contribution >= 0.6 is 0 Å². The van der Waals surface area contributed by atoms with Crippen LogP contribution in [0.4, 0.5) is 4.79 Å². The Hall–Kier alpha value is -1.83. The van der Waals surface area contributed by atoms with E-state index in [1.807, 2.05) is 0 Å². The third-order valence-corrected chi connectivity index (χ3v) is 0.911. The number of aliphatic hydroxyl groups excluding tert-OH is 1. The molecule has 0 heterocycles. The van der Waals surface area contributed by atoms with E-state index in [1.165, 1.54) is 5.48 Å². The molecule has 0 saturated heterocycles. The maximum absolute atomic E-state index is 10.5. The van der Waals surface area contributed by atoms with E-state index in [0.29, 0.717) is 0 Å². The molecule has 0 aliphatic heterocycles. The molecular formula is C5H8N2O6. The first-order chi connectivity index (χ1) is 5.93. The van der Waals surface area contributed by atoms with Gasteiger partial charge in [-0.2, -0.15) is 5.48 Å². The Balaban J connectivity index is 3.74. The lowest BCUT2D eigenvalue weighted by molar-refractivity contribution is -0.158. The Bertz CT molecular complexity index is 227. The van der Waals surface area contributed by atoms with Gasteiger partial charge in [0.15, 0.2) is 6.10 Å². The molecule has 0 fully saturated rings. The van der Waals surface area contributed by atoms with Gasteiger partial charge in [-0.1, -0.05) is 0 Å². The van der Waals surface area contributed by atoms with E-state index >= 15 is 0 Å². The summed E-state index contributed by atoms with van der Waals surface area (Å²) in [5.41, 5.74) is 6.00. The molecule has 5 N–H and O–H groups in total. The summed E-state index contributed by atoms with van der Waals surface area (Å²) in [7, 11) is 0. The number of carbonyl (C=O) groups excluding carboxylic acids is 2. The zero-order valence-corrected chi connectivity index (χ0v) is 6.39.